The van der Waals surface area contributed by atoms with Gasteiger partial charge in [0.25, 0.3) is 0 Å². The second-order valence-corrected chi connectivity index (χ2v) is 6.58. The summed E-state index contributed by atoms with van der Waals surface area (Å²) < 4.78 is 0. The molecule has 0 aliphatic carbocycles. The average Bonchev–Trinajstić information content (AvgIpc) is 2.81. The Kier molecular flexibility index (Phi) is 5.30. The van der Waals surface area contributed by atoms with E-state index in [2.05, 4.69) is 4.90 Å². The first kappa shape index (κ1) is 18.4. The molecule has 0 radical (unpaired) electrons. The Morgan fingerprint density at radius 2 is 0.759 bits per heavy atom. The van der Waals surface area contributed by atoms with Crippen molar-refractivity contribution < 1.29 is 9.59 Å². The number of Topliss-reactive ketones (excluding diaryl/α,β-unsaturated/α-hetero) is 2. The maximum Gasteiger partial charge on any atom is 0.233 e. The van der Waals surface area contributed by atoms with Crippen molar-refractivity contribution >= 4 is 28.6 Å². The highest BCUT2D eigenvalue weighted by Gasteiger charge is 2.19. The van der Waals surface area contributed by atoms with Crippen LogP contribution in [0, 0.1) is 0 Å². The zero-order valence-electron chi connectivity index (χ0n) is 15.7. The standard InChI is InChI=1S/C26H19NO2/c28-25(20-10-4-1-5-11-20)26(29)21-16-18-24(19-17-21)27(22-12-6-2-7-13-22)23-14-8-3-9-15-23/h1-19H. The molecule has 0 aliphatic heterocycles. The number of benzene rings is 4. The number of para-hydroxylation sites is 2. The van der Waals surface area contributed by atoms with Crippen LogP contribution in [0.4, 0.5) is 17.1 Å². The van der Waals surface area contributed by atoms with Gasteiger partial charge in [-0.3, -0.25) is 9.59 Å². The smallest absolute Gasteiger partial charge is 0.233 e. The number of rotatable bonds is 6. The van der Waals surface area contributed by atoms with Crippen molar-refractivity contribution in [2.45, 2.75) is 0 Å². The van der Waals surface area contributed by atoms with Crippen LogP contribution in [0.25, 0.3) is 0 Å². The zero-order valence-corrected chi connectivity index (χ0v) is 15.7. The lowest BCUT2D eigenvalue weighted by Crippen LogP contribution is -2.15. The molecule has 0 aromatic heterocycles. The molecule has 140 valence electrons. The monoisotopic (exact) mass is 377 g/mol. The normalized spacial score (nSPS) is 10.3. The lowest BCUT2D eigenvalue weighted by molar-refractivity contribution is 0.0817. The molecule has 0 atom stereocenters. The molecule has 0 heterocycles. The minimum absolute atomic E-state index is 0.378. The van der Waals surface area contributed by atoms with Crippen LogP contribution in [0.2, 0.25) is 0 Å². The van der Waals surface area contributed by atoms with Crippen molar-refractivity contribution in [2.75, 3.05) is 4.90 Å². The summed E-state index contributed by atoms with van der Waals surface area (Å²) >= 11 is 0. The van der Waals surface area contributed by atoms with E-state index in [4.69, 9.17) is 0 Å². The number of hydrogen-bond acceptors (Lipinski definition) is 3. The first-order chi connectivity index (χ1) is 14.2. The number of carbonyl (C=O) groups is 2. The summed E-state index contributed by atoms with van der Waals surface area (Å²) in [4.78, 5) is 27.2. The predicted octanol–water partition coefficient (Wildman–Crippen LogP) is 6.22. The van der Waals surface area contributed by atoms with Gasteiger partial charge in [0, 0.05) is 28.2 Å². The molecule has 0 aliphatic rings. The van der Waals surface area contributed by atoms with E-state index in [1.165, 1.54) is 0 Å². The molecular weight excluding hydrogens is 358 g/mol. The van der Waals surface area contributed by atoms with Gasteiger partial charge in [-0.05, 0) is 48.5 Å². The van der Waals surface area contributed by atoms with Gasteiger partial charge in [0.15, 0.2) is 0 Å². The highest BCUT2D eigenvalue weighted by Crippen LogP contribution is 2.34. The third-order valence-corrected chi connectivity index (χ3v) is 4.66. The van der Waals surface area contributed by atoms with E-state index in [1.807, 2.05) is 78.9 Å². The molecule has 0 spiro atoms. The lowest BCUT2D eigenvalue weighted by Gasteiger charge is -2.25. The molecule has 3 heteroatoms. The molecule has 0 unspecified atom stereocenters. The van der Waals surface area contributed by atoms with Gasteiger partial charge in [0.2, 0.25) is 11.6 Å². The van der Waals surface area contributed by atoms with Crippen molar-refractivity contribution in [3.05, 3.63) is 126 Å². The Balaban J connectivity index is 1.66. The van der Waals surface area contributed by atoms with E-state index in [-0.39, 0.29) is 0 Å². The Morgan fingerprint density at radius 3 is 1.21 bits per heavy atom. The summed E-state index contributed by atoms with van der Waals surface area (Å²) in [6.07, 6.45) is 0. The van der Waals surface area contributed by atoms with E-state index in [0.717, 1.165) is 17.1 Å². The Morgan fingerprint density at radius 1 is 0.414 bits per heavy atom. The van der Waals surface area contributed by atoms with E-state index in [9.17, 15) is 9.59 Å². The number of nitrogens with zero attached hydrogens (tertiary/aromatic N) is 1. The topological polar surface area (TPSA) is 37.4 Å². The first-order valence-corrected chi connectivity index (χ1v) is 9.38. The second-order valence-electron chi connectivity index (χ2n) is 6.58. The fourth-order valence-corrected chi connectivity index (χ4v) is 3.21. The fourth-order valence-electron chi connectivity index (χ4n) is 3.21. The number of anilines is 3. The second kappa shape index (κ2) is 8.36. The molecule has 0 amide bonds. The quantitative estimate of drug-likeness (QED) is 0.296. The van der Waals surface area contributed by atoms with Crippen LogP contribution in [0.5, 0.6) is 0 Å². The molecule has 4 rings (SSSR count). The van der Waals surface area contributed by atoms with Gasteiger partial charge < -0.3 is 4.90 Å². The molecular formula is C26H19NO2. The molecule has 0 saturated carbocycles. The minimum atomic E-state index is -0.506. The van der Waals surface area contributed by atoms with Crippen molar-refractivity contribution in [1.82, 2.24) is 0 Å². The molecule has 3 nitrogen and oxygen atoms in total. The van der Waals surface area contributed by atoms with Crippen molar-refractivity contribution in [1.29, 1.82) is 0 Å². The third kappa shape index (κ3) is 3.99. The van der Waals surface area contributed by atoms with E-state index < -0.39 is 11.6 Å². The van der Waals surface area contributed by atoms with Crippen LogP contribution in [0.1, 0.15) is 20.7 Å². The Bertz CT molecular complexity index is 1070. The van der Waals surface area contributed by atoms with Gasteiger partial charge in [0.05, 0.1) is 0 Å². The predicted molar refractivity (Wildman–Crippen MR) is 116 cm³/mol. The van der Waals surface area contributed by atoms with Gasteiger partial charge in [0.1, 0.15) is 0 Å². The van der Waals surface area contributed by atoms with Crippen LogP contribution in [-0.4, -0.2) is 11.6 Å². The van der Waals surface area contributed by atoms with Gasteiger partial charge in [-0.25, -0.2) is 0 Å². The van der Waals surface area contributed by atoms with Gasteiger partial charge >= 0.3 is 0 Å². The molecule has 0 bridgehead atoms. The van der Waals surface area contributed by atoms with Gasteiger partial charge in [-0.15, -0.1) is 0 Å². The van der Waals surface area contributed by atoms with E-state index in [0.29, 0.717) is 11.1 Å². The first-order valence-electron chi connectivity index (χ1n) is 9.38. The van der Waals surface area contributed by atoms with Crippen LogP contribution >= 0.6 is 0 Å². The fraction of sp³-hybridized carbons (Fsp3) is 0. The SMILES string of the molecule is O=C(C(=O)c1ccc(N(c2ccccc2)c2ccccc2)cc1)c1ccccc1. The van der Waals surface area contributed by atoms with Crippen molar-refractivity contribution in [2.24, 2.45) is 0 Å². The van der Waals surface area contributed by atoms with Gasteiger partial charge in [-0.2, -0.15) is 0 Å². The maximum absolute atomic E-state index is 12.6. The molecule has 4 aromatic carbocycles. The minimum Gasteiger partial charge on any atom is -0.311 e. The summed E-state index contributed by atoms with van der Waals surface area (Å²) in [5.74, 6) is -1.00. The summed E-state index contributed by atoms with van der Waals surface area (Å²) in [6, 6.07) is 35.8. The van der Waals surface area contributed by atoms with Crippen molar-refractivity contribution in [3.63, 3.8) is 0 Å². The lowest BCUT2D eigenvalue weighted by atomic mass is 10.0. The van der Waals surface area contributed by atoms with Crippen LogP contribution < -0.4 is 4.90 Å². The largest absolute Gasteiger partial charge is 0.311 e. The van der Waals surface area contributed by atoms with Gasteiger partial charge in [-0.1, -0.05) is 66.7 Å². The van der Waals surface area contributed by atoms with Crippen LogP contribution in [-0.2, 0) is 0 Å². The summed E-state index contributed by atoms with van der Waals surface area (Å²) in [7, 11) is 0. The Labute approximate surface area is 169 Å². The molecule has 0 saturated heterocycles. The summed E-state index contributed by atoms with van der Waals surface area (Å²) in [6.45, 7) is 0. The van der Waals surface area contributed by atoms with E-state index >= 15 is 0 Å². The summed E-state index contributed by atoms with van der Waals surface area (Å²) in [5, 5.41) is 0. The Hall–Kier alpha value is -3.98. The van der Waals surface area contributed by atoms with Crippen LogP contribution in [0.15, 0.2) is 115 Å². The molecule has 0 N–H and O–H groups in total. The average molecular weight is 377 g/mol. The van der Waals surface area contributed by atoms with E-state index in [1.54, 1.807) is 36.4 Å². The third-order valence-electron chi connectivity index (χ3n) is 4.66. The maximum atomic E-state index is 12.6. The molecule has 4 aromatic rings. The number of carbonyl (C=O) groups excluding carboxylic acids is 2. The summed E-state index contributed by atoms with van der Waals surface area (Å²) in [5.41, 5.74) is 3.71. The molecule has 0 fully saturated rings. The highest BCUT2D eigenvalue weighted by molar-refractivity contribution is 6.49. The molecule has 29 heavy (non-hydrogen) atoms. The number of ketones is 2. The highest BCUT2D eigenvalue weighted by atomic mass is 16.2. The van der Waals surface area contributed by atoms with Crippen molar-refractivity contribution in [3.8, 4) is 0 Å². The van der Waals surface area contributed by atoms with Crippen LogP contribution in [0.3, 0.4) is 0 Å². The zero-order chi connectivity index (χ0) is 20.1. The number of hydrogen-bond donors (Lipinski definition) is 0.